The van der Waals surface area contributed by atoms with Gasteiger partial charge in [0.1, 0.15) is 11.6 Å². The van der Waals surface area contributed by atoms with Crippen LogP contribution in [0.5, 0.6) is 5.75 Å². The minimum Gasteiger partial charge on any atom is -0.507 e. The van der Waals surface area contributed by atoms with Crippen molar-refractivity contribution in [1.29, 1.82) is 0 Å². The molecule has 0 aliphatic heterocycles. The number of rotatable bonds is 2. The lowest BCUT2D eigenvalue weighted by atomic mass is 10.1. The highest BCUT2D eigenvalue weighted by molar-refractivity contribution is 6.11. The topological polar surface area (TPSA) is 25.2 Å². The van der Waals surface area contributed by atoms with Crippen molar-refractivity contribution >= 4 is 21.8 Å². The lowest BCUT2D eigenvalue weighted by Gasteiger charge is -2.08. The Morgan fingerprint density at radius 3 is 2.45 bits per heavy atom. The molecule has 108 valence electrons. The summed E-state index contributed by atoms with van der Waals surface area (Å²) in [6.45, 7) is 0.561. The van der Waals surface area contributed by atoms with Crippen molar-refractivity contribution in [2.45, 2.75) is 6.54 Å². The Morgan fingerprint density at radius 2 is 1.64 bits per heavy atom. The minimum absolute atomic E-state index is 0.180. The molecule has 0 atom stereocenters. The molecule has 22 heavy (non-hydrogen) atoms. The van der Waals surface area contributed by atoms with Gasteiger partial charge < -0.3 is 9.67 Å². The summed E-state index contributed by atoms with van der Waals surface area (Å²) in [6, 6.07) is 20.3. The number of hydrogen-bond donors (Lipinski definition) is 1. The highest BCUT2D eigenvalue weighted by atomic mass is 19.1. The van der Waals surface area contributed by atoms with Crippen LogP contribution in [0.25, 0.3) is 21.8 Å². The summed E-state index contributed by atoms with van der Waals surface area (Å²) in [5.41, 5.74) is 2.46. The lowest BCUT2D eigenvalue weighted by molar-refractivity contribution is 0.482. The predicted molar refractivity (Wildman–Crippen MR) is 86.6 cm³/mol. The van der Waals surface area contributed by atoms with E-state index in [0.717, 1.165) is 16.5 Å². The van der Waals surface area contributed by atoms with E-state index in [4.69, 9.17) is 0 Å². The van der Waals surface area contributed by atoms with Gasteiger partial charge >= 0.3 is 0 Å². The molecule has 0 aliphatic carbocycles. The molecule has 4 aromatic rings. The quantitative estimate of drug-likeness (QED) is 0.569. The normalized spacial score (nSPS) is 11.3. The van der Waals surface area contributed by atoms with Gasteiger partial charge in [0, 0.05) is 17.3 Å². The number of halogens is 1. The molecule has 0 saturated carbocycles. The first kappa shape index (κ1) is 12.9. The molecular weight excluding hydrogens is 277 g/mol. The van der Waals surface area contributed by atoms with Crippen LogP contribution in [0.3, 0.4) is 0 Å². The monoisotopic (exact) mass is 291 g/mol. The lowest BCUT2D eigenvalue weighted by Crippen LogP contribution is -2.00. The first-order valence-corrected chi connectivity index (χ1v) is 7.18. The average Bonchev–Trinajstić information content (AvgIpc) is 2.85. The zero-order valence-electron chi connectivity index (χ0n) is 11.8. The molecule has 2 nitrogen and oxygen atoms in total. The van der Waals surface area contributed by atoms with Crippen LogP contribution in [-0.4, -0.2) is 9.67 Å². The molecule has 0 spiro atoms. The fraction of sp³-hybridized carbons (Fsp3) is 0.0526. The van der Waals surface area contributed by atoms with Crippen LogP contribution >= 0.6 is 0 Å². The van der Waals surface area contributed by atoms with Crippen LogP contribution < -0.4 is 0 Å². The van der Waals surface area contributed by atoms with Crippen molar-refractivity contribution < 1.29 is 9.50 Å². The van der Waals surface area contributed by atoms with Crippen molar-refractivity contribution in [1.82, 2.24) is 4.57 Å². The Bertz CT molecular complexity index is 973. The largest absolute Gasteiger partial charge is 0.507 e. The van der Waals surface area contributed by atoms with Crippen LogP contribution in [0.1, 0.15) is 5.56 Å². The Hall–Kier alpha value is -2.81. The van der Waals surface area contributed by atoms with Crippen LogP contribution in [0.4, 0.5) is 4.39 Å². The zero-order chi connectivity index (χ0) is 15.1. The number of phenols is 1. The van der Waals surface area contributed by atoms with Gasteiger partial charge in [0.15, 0.2) is 0 Å². The van der Waals surface area contributed by atoms with Crippen molar-refractivity contribution in [3.63, 3.8) is 0 Å². The van der Waals surface area contributed by atoms with E-state index in [-0.39, 0.29) is 11.6 Å². The fourth-order valence-corrected chi connectivity index (χ4v) is 3.07. The zero-order valence-corrected chi connectivity index (χ0v) is 11.8. The number of aromatic nitrogens is 1. The average molecular weight is 291 g/mol. The second-order valence-corrected chi connectivity index (χ2v) is 5.38. The molecule has 0 fully saturated rings. The predicted octanol–water partition coefficient (Wildman–Crippen LogP) is 4.69. The molecule has 0 unspecified atom stereocenters. The third kappa shape index (κ3) is 1.86. The summed E-state index contributed by atoms with van der Waals surface area (Å²) in [7, 11) is 0. The molecule has 1 N–H and O–H groups in total. The number of nitrogens with zero attached hydrogens (tertiary/aromatic N) is 1. The van der Waals surface area contributed by atoms with E-state index < -0.39 is 0 Å². The molecule has 0 radical (unpaired) electrons. The van der Waals surface area contributed by atoms with E-state index in [9.17, 15) is 9.50 Å². The van der Waals surface area contributed by atoms with Crippen LogP contribution in [0.15, 0.2) is 66.7 Å². The third-order valence-corrected chi connectivity index (χ3v) is 4.02. The number of para-hydroxylation sites is 1. The van der Waals surface area contributed by atoms with Gasteiger partial charge in [-0.15, -0.1) is 0 Å². The van der Waals surface area contributed by atoms with E-state index in [2.05, 4.69) is 0 Å². The van der Waals surface area contributed by atoms with E-state index in [1.165, 1.54) is 6.07 Å². The number of phenolic OH excluding ortho intramolecular Hbond substituents is 1. The van der Waals surface area contributed by atoms with E-state index >= 15 is 0 Å². The first-order valence-electron chi connectivity index (χ1n) is 7.18. The van der Waals surface area contributed by atoms with Crippen LogP contribution in [0.2, 0.25) is 0 Å². The van der Waals surface area contributed by atoms with Crippen molar-refractivity contribution in [3.05, 3.63) is 78.1 Å². The Labute approximate surface area is 127 Å². The summed E-state index contributed by atoms with van der Waals surface area (Å²) >= 11 is 0. The minimum atomic E-state index is -0.274. The smallest absolute Gasteiger partial charge is 0.147 e. The Kier molecular flexibility index (Phi) is 2.86. The van der Waals surface area contributed by atoms with Gasteiger partial charge in [-0.2, -0.15) is 0 Å². The molecule has 0 amide bonds. The Morgan fingerprint density at radius 1 is 0.864 bits per heavy atom. The molecule has 0 aliphatic rings. The van der Waals surface area contributed by atoms with E-state index in [1.807, 2.05) is 47.0 Å². The summed E-state index contributed by atoms with van der Waals surface area (Å²) in [5.74, 6) is -0.0936. The summed E-state index contributed by atoms with van der Waals surface area (Å²) in [4.78, 5) is 0. The van der Waals surface area contributed by atoms with Gasteiger partial charge in [-0.05, 0) is 23.8 Å². The van der Waals surface area contributed by atoms with Gasteiger partial charge in [-0.1, -0.05) is 48.5 Å². The maximum absolute atomic E-state index is 14.4. The van der Waals surface area contributed by atoms with E-state index in [0.29, 0.717) is 17.4 Å². The van der Waals surface area contributed by atoms with Crippen molar-refractivity contribution in [3.8, 4) is 5.75 Å². The molecule has 1 aromatic heterocycles. The molecule has 0 saturated heterocycles. The van der Waals surface area contributed by atoms with Gasteiger partial charge in [0.2, 0.25) is 0 Å². The van der Waals surface area contributed by atoms with Crippen molar-refractivity contribution in [2.75, 3.05) is 0 Å². The number of hydrogen-bond acceptors (Lipinski definition) is 1. The molecule has 3 aromatic carbocycles. The van der Waals surface area contributed by atoms with E-state index in [1.54, 1.807) is 18.2 Å². The van der Waals surface area contributed by atoms with Gasteiger partial charge in [-0.25, -0.2) is 4.39 Å². The maximum atomic E-state index is 14.4. The third-order valence-electron chi connectivity index (χ3n) is 4.02. The van der Waals surface area contributed by atoms with Gasteiger partial charge in [-0.3, -0.25) is 0 Å². The summed E-state index contributed by atoms with van der Waals surface area (Å²) in [6.07, 6.45) is 0. The van der Waals surface area contributed by atoms with Crippen LogP contribution in [0, 0.1) is 5.82 Å². The second kappa shape index (κ2) is 4.88. The molecule has 1 heterocycles. The number of fused-ring (bicyclic) bond motifs is 3. The maximum Gasteiger partial charge on any atom is 0.147 e. The molecule has 3 heteroatoms. The number of benzene rings is 3. The molecule has 4 rings (SSSR count). The first-order chi connectivity index (χ1) is 10.8. The standard InChI is InChI=1S/C19H14FNO/c20-15-9-4-8-14-18-16(10-5-11-17(18)22)21(19(14)15)12-13-6-2-1-3-7-13/h1-11,22H,12H2. The van der Waals surface area contributed by atoms with Gasteiger partial charge in [0.05, 0.1) is 11.0 Å². The highest BCUT2D eigenvalue weighted by Gasteiger charge is 2.16. The highest BCUT2D eigenvalue weighted by Crippen LogP contribution is 2.36. The van der Waals surface area contributed by atoms with Gasteiger partial charge in [0.25, 0.3) is 0 Å². The summed E-state index contributed by atoms with van der Waals surface area (Å²) in [5, 5.41) is 11.6. The summed E-state index contributed by atoms with van der Waals surface area (Å²) < 4.78 is 16.3. The number of aromatic hydroxyl groups is 1. The second-order valence-electron chi connectivity index (χ2n) is 5.38. The van der Waals surface area contributed by atoms with Crippen LogP contribution in [-0.2, 0) is 6.54 Å². The molecule has 0 bridgehead atoms. The fourth-order valence-electron chi connectivity index (χ4n) is 3.07. The Balaban J connectivity index is 2.08. The van der Waals surface area contributed by atoms with Crippen molar-refractivity contribution in [2.24, 2.45) is 0 Å². The molecular formula is C19H14FNO. The SMILES string of the molecule is Oc1cccc2c1c1cccc(F)c1n2Cc1ccccc1.